The van der Waals surface area contributed by atoms with E-state index >= 15 is 0 Å². The molecule has 0 aliphatic heterocycles. The Labute approximate surface area is 153 Å². The maximum atomic E-state index is 13.2. The van der Waals surface area contributed by atoms with Crippen molar-refractivity contribution in [1.29, 1.82) is 0 Å². The Morgan fingerprint density at radius 2 is 2.00 bits per heavy atom. The van der Waals surface area contributed by atoms with Crippen LogP contribution in [0.1, 0.15) is 26.7 Å². The third-order valence-electron chi connectivity index (χ3n) is 4.23. The molecule has 1 aromatic carbocycles. The van der Waals surface area contributed by atoms with Crippen LogP contribution in [0, 0.1) is 0 Å². The van der Waals surface area contributed by atoms with E-state index in [4.69, 9.17) is 4.74 Å². The molecule has 0 atom stereocenters. The zero-order valence-electron chi connectivity index (χ0n) is 15.3. The average Bonchev–Trinajstić information content (AvgIpc) is 2.67. The SMILES string of the molecule is CCC=CCCn1c(=O)c(-c2cccc(OCC)c2)cc2cccnc21. The van der Waals surface area contributed by atoms with Gasteiger partial charge in [-0.25, -0.2) is 4.98 Å². The van der Waals surface area contributed by atoms with Gasteiger partial charge in [-0.3, -0.25) is 9.36 Å². The quantitative estimate of drug-likeness (QED) is 0.575. The fourth-order valence-electron chi connectivity index (χ4n) is 3.03. The minimum atomic E-state index is -0.0188. The summed E-state index contributed by atoms with van der Waals surface area (Å²) in [6.07, 6.45) is 7.77. The van der Waals surface area contributed by atoms with Gasteiger partial charge in [-0.05, 0) is 55.7 Å². The summed E-state index contributed by atoms with van der Waals surface area (Å²) in [7, 11) is 0. The first kappa shape index (κ1) is 17.9. The number of rotatable bonds is 7. The Kier molecular flexibility index (Phi) is 5.84. The lowest BCUT2D eigenvalue weighted by Gasteiger charge is -2.12. The minimum Gasteiger partial charge on any atom is -0.494 e. The van der Waals surface area contributed by atoms with Crippen molar-refractivity contribution < 1.29 is 4.74 Å². The van der Waals surface area contributed by atoms with Crippen molar-refractivity contribution in [3.63, 3.8) is 0 Å². The number of benzene rings is 1. The molecule has 134 valence electrons. The lowest BCUT2D eigenvalue weighted by molar-refractivity contribution is 0.340. The third-order valence-corrected chi connectivity index (χ3v) is 4.23. The Morgan fingerprint density at radius 3 is 2.81 bits per heavy atom. The van der Waals surface area contributed by atoms with Crippen molar-refractivity contribution in [3.8, 4) is 16.9 Å². The Morgan fingerprint density at radius 1 is 1.12 bits per heavy atom. The number of pyridine rings is 2. The monoisotopic (exact) mass is 348 g/mol. The van der Waals surface area contributed by atoms with E-state index in [-0.39, 0.29) is 5.56 Å². The van der Waals surface area contributed by atoms with Crippen LogP contribution in [-0.2, 0) is 6.54 Å². The Bertz CT molecular complexity index is 973. The van der Waals surface area contributed by atoms with Crippen molar-refractivity contribution >= 4 is 11.0 Å². The first-order chi connectivity index (χ1) is 12.7. The number of nitrogens with zero attached hydrogens (tertiary/aromatic N) is 2. The molecule has 0 fully saturated rings. The topological polar surface area (TPSA) is 44.1 Å². The van der Waals surface area contributed by atoms with Gasteiger partial charge in [0.05, 0.1) is 6.61 Å². The van der Waals surface area contributed by atoms with E-state index in [1.54, 1.807) is 10.8 Å². The summed E-state index contributed by atoms with van der Waals surface area (Å²) in [6, 6.07) is 13.5. The number of fused-ring (bicyclic) bond motifs is 1. The predicted octanol–water partition coefficient (Wildman–Crippen LogP) is 4.82. The standard InChI is InChI=1S/C22H24N2O2/c1-3-5-6-7-14-24-21-18(11-9-13-23-21)16-20(22(24)25)17-10-8-12-19(15-17)26-4-2/h5-6,8-13,15-16H,3-4,7,14H2,1-2H3. The van der Waals surface area contributed by atoms with Crippen molar-refractivity contribution in [2.75, 3.05) is 6.61 Å². The highest BCUT2D eigenvalue weighted by Gasteiger charge is 2.12. The first-order valence-electron chi connectivity index (χ1n) is 9.11. The van der Waals surface area contributed by atoms with Crippen molar-refractivity contribution in [3.05, 3.63) is 71.2 Å². The van der Waals surface area contributed by atoms with Gasteiger partial charge >= 0.3 is 0 Å². The van der Waals surface area contributed by atoms with Crippen LogP contribution in [0.2, 0.25) is 0 Å². The van der Waals surface area contributed by atoms with Gasteiger partial charge in [0.15, 0.2) is 0 Å². The number of hydrogen-bond acceptors (Lipinski definition) is 3. The lowest BCUT2D eigenvalue weighted by atomic mass is 10.1. The summed E-state index contributed by atoms with van der Waals surface area (Å²) in [6.45, 7) is 5.26. The second kappa shape index (κ2) is 8.48. The molecule has 2 heterocycles. The molecule has 0 bridgehead atoms. The van der Waals surface area contributed by atoms with Gasteiger partial charge in [0, 0.05) is 23.7 Å². The molecule has 0 unspecified atom stereocenters. The molecule has 0 amide bonds. The molecule has 0 N–H and O–H groups in total. The van der Waals surface area contributed by atoms with Crippen molar-refractivity contribution in [1.82, 2.24) is 9.55 Å². The van der Waals surface area contributed by atoms with E-state index in [9.17, 15) is 4.79 Å². The summed E-state index contributed by atoms with van der Waals surface area (Å²) < 4.78 is 7.36. The number of allylic oxidation sites excluding steroid dienone is 2. The molecule has 2 aromatic heterocycles. The molecule has 0 saturated heterocycles. The van der Waals surface area contributed by atoms with E-state index in [2.05, 4.69) is 24.1 Å². The van der Waals surface area contributed by atoms with E-state index in [1.165, 1.54) is 0 Å². The molecule has 26 heavy (non-hydrogen) atoms. The van der Waals surface area contributed by atoms with Crippen LogP contribution >= 0.6 is 0 Å². The Hall–Kier alpha value is -2.88. The van der Waals surface area contributed by atoms with Crippen LogP contribution in [0.3, 0.4) is 0 Å². The number of aryl methyl sites for hydroxylation is 1. The summed E-state index contributed by atoms with van der Waals surface area (Å²) in [4.78, 5) is 17.6. The summed E-state index contributed by atoms with van der Waals surface area (Å²) in [5.74, 6) is 0.771. The third kappa shape index (κ3) is 3.85. The summed E-state index contributed by atoms with van der Waals surface area (Å²) in [5.41, 5.74) is 2.25. The maximum Gasteiger partial charge on any atom is 0.260 e. The minimum absolute atomic E-state index is 0.0188. The second-order valence-electron chi connectivity index (χ2n) is 6.06. The highest BCUT2D eigenvalue weighted by Crippen LogP contribution is 2.24. The van der Waals surface area contributed by atoms with Gasteiger partial charge in [0.2, 0.25) is 0 Å². The van der Waals surface area contributed by atoms with E-state index in [0.29, 0.717) is 18.7 Å². The zero-order valence-corrected chi connectivity index (χ0v) is 15.3. The molecule has 3 aromatic rings. The molecule has 0 aliphatic carbocycles. The second-order valence-corrected chi connectivity index (χ2v) is 6.06. The smallest absolute Gasteiger partial charge is 0.260 e. The lowest BCUT2D eigenvalue weighted by Crippen LogP contribution is -2.22. The fraction of sp³-hybridized carbons (Fsp3) is 0.273. The molecule has 0 radical (unpaired) electrons. The van der Waals surface area contributed by atoms with Crippen molar-refractivity contribution in [2.24, 2.45) is 0 Å². The van der Waals surface area contributed by atoms with Gasteiger partial charge in [0.25, 0.3) is 5.56 Å². The van der Waals surface area contributed by atoms with Crippen LogP contribution in [0.15, 0.2) is 65.6 Å². The van der Waals surface area contributed by atoms with Gasteiger partial charge in [0.1, 0.15) is 11.4 Å². The number of hydrogen-bond donors (Lipinski definition) is 0. The van der Waals surface area contributed by atoms with Gasteiger partial charge in [-0.2, -0.15) is 0 Å². The molecule has 3 rings (SSSR count). The van der Waals surface area contributed by atoms with Crippen LogP contribution in [0.25, 0.3) is 22.2 Å². The van der Waals surface area contributed by atoms with Crippen LogP contribution < -0.4 is 10.3 Å². The molecule has 4 nitrogen and oxygen atoms in total. The molecule has 0 aliphatic rings. The molecule has 0 saturated carbocycles. The van der Waals surface area contributed by atoms with Crippen LogP contribution in [-0.4, -0.2) is 16.2 Å². The van der Waals surface area contributed by atoms with E-state index in [1.807, 2.05) is 49.4 Å². The van der Waals surface area contributed by atoms with E-state index in [0.717, 1.165) is 35.2 Å². The van der Waals surface area contributed by atoms with E-state index < -0.39 is 0 Å². The van der Waals surface area contributed by atoms with Gasteiger partial charge < -0.3 is 4.74 Å². The molecule has 4 heteroatoms. The van der Waals surface area contributed by atoms with Crippen LogP contribution in [0.4, 0.5) is 0 Å². The van der Waals surface area contributed by atoms with Gasteiger partial charge in [-0.1, -0.05) is 31.2 Å². The predicted molar refractivity (Wildman–Crippen MR) is 107 cm³/mol. The maximum absolute atomic E-state index is 13.2. The number of ether oxygens (including phenoxy) is 1. The van der Waals surface area contributed by atoms with Gasteiger partial charge in [-0.15, -0.1) is 0 Å². The molecular weight excluding hydrogens is 324 g/mol. The first-order valence-corrected chi connectivity index (χ1v) is 9.11. The highest BCUT2D eigenvalue weighted by molar-refractivity contribution is 5.81. The van der Waals surface area contributed by atoms with Crippen molar-refractivity contribution in [2.45, 2.75) is 33.2 Å². The molecular formula is C22H24N2O2. The van der Waals surface area contributed by atoms with Crippen LogP contribution in [0.5, 0.6) is 5.75 Å². The molecule has 0 spiro atoms. The largest absolute Gasteiger partial charge is 0.494 e. The summed E-state index contributed by atoms with van der Waals surface area (Å²) >= 11 is 0. The average molecular weight is 348 g/mol. The normalized spacial score (nSPS) is 11.3. The Balaban J connectivity index is 2.11. The summed E-state index contributed by atoms with van der Waals surface area (Å²) in [5, 5.41) is 0.961. The highest BCUT2D eigenvalue weighted by atomic mass is 16.5. The zero-order chi connectivity index (χ0) is 18.4. The number of aromatic nitrogens is 2. The fourth-order valence-corrected chi connectivity index (χ4v) is 3.03.